The van der Waals surface area contributed by atoms with Crippen molar-refractivity contribution in [3.05, 3.63) is 0 Å². The first-order valence-electron chi connectivity index (χ1n) is 5.72. The standard InChI is InChI=1S/C11H22N2/c1-9(2)11-4-3-5-13(11)8-10-6-12-7-10/h9-12H,3-8H2,1-2H3. The summed E-state index contributed by atoms with van der Waals surface area (Å²) in [7, 11) is 0. The number of nitrogens with one attached hydrogen (secondary N) is 1. The average Bonchev–Trinajstić information content (AvgIpc) is 2.44. The van der Waals surface area contributed by atoms with Crippen LogP contribution in [0.5, 0.6) is 0 Å². The Bertz CT molecular complexity index is 163. The van der Waals surface area contributed by atoms with E-state index in [2.05, 4.69) is 24.1 Å². The van der Waals surface area contributed by atoms with Crippen LogP contribution >= 0.6 is 0 Å². The van der Waals surface area contributed by atoms with E-state index in [1.165, 1.54) is 39.0 Å². The Labute approximate surface area is 81.7 Å². The van der Waals surface area contributed by atoms with E-state index in [9.17, 15) is 0 Å². The molecule has 2 heteroatoms. The van der Waals surface area contributed by atoms with Crippen LogP contribution in [0, 0.1) is 11.8 Å². The summed E-state index contributed by atoms with van der Waals surface area (Å²) in [4.78, 5) is 2.72. The molecule has 2 rings (SSSR count). The van der Waals surface area contributed by atoms with Gasteiger partial charge in [0.2, 0.25) is 0 Å². The first kappa shape index (κ1) is 9.47. The Morgan fingerprint density at radius 2 is 2.15 bits per heavy atom. The summed E-state index contributed by atoms with van der Waals surface area (Å²) >= 11 is 0. The molecule has 1 atom stereocenters. The van der Waals surface area contributed by atoms with Crippen LogP contribution in [0.15, 0.2) is 0 Å². The Balaban J connectivity index is 1.82. The summed E-state index contributed by atoms with van der Waals surface area (Å²) in [5.74, 6) is 1.79. The summed E-state index contributed by atoms with van der Waals surface area (Å²) in [5.41, 5.74) is 0. The molecule has 0 aromatic heterocycles. The Morgan fingerprint density at radius 3 is 2.69 bits per heavy atom. The largest absolute Gasteiger partial charge is 0.316 e. The lowest BCUT2D eigenvalue weighted by Crippen LogP contribution is -2.49. The summed E-state index contributed by atoms with van der Waals surface area (Å²) in [5, 5.41) is 3.35. The third-order valence-electron chi connectivity index (χ3n) is 3.54. The van der Waals surface area contributed by atoms with Crippen molar-refractivity contribution in [3.8, 4) is 0 Å². The molecule has 2 aliphatic rings. The van der Waals surface area contributed by atoms with Gasteiger partial charge < -0.3 is 5.32 Å². The minimum Gasteiger partial charge on any atom is -0.316 e. The van der Waals surface area contributed by atoms with Gasteiger partial charge in [0.05, 0.1) is 0 Å². The minimum atomic E-state index is 0.843. The van der Waals surface area contributed by atoms with Crippen LogP contribution in [0.1, 0.15) is 26.7 Å². The second kappa shape index (κ2) is 3.97. The molecule has 0 amide bonds. The molecule has 0 aliphatic carbocycles. The maximum absolute atomic E-state index is 3.35. The SMILES string of the molecule is CC(C)C1CCCN1CC1CNC1. The molecule has 2 nitrogen and oxygen atoms in total. The molecular weight excluding hydrogens is 160 g/mol. The van der Waals surface area contributed by atoms with Gasteiger partial charge in [-0.15, -0.1) is 0 Å². The first-order valence-corrected chi connectivity index (χ1v) is 5.72. The summed E-state index contributed by atoms with van der Waals surface area (Å²) in [6.45, 7) is 9.92. The molecule has 0 spiro atoms. The summed E-state index contributed by atoms with van der Waals surface area (Å²) < 4.78 is 0. The lowest BCUT2D eigenvalue weighted by molar-refractivity contribution is 0.153. The molecule has 2 fully saturated rings. The van der Waals surface area contributed by atoms with Gasteiger partial charge >= 0.3 is 0 Å². The van der Waals surface area contributed by atoms with Gasteiger partial charge in [-0.25, -0.2) is 0 Å². The van der Waals surface area contributed by atoms with Gasteiger partial charge in [-0.05, 0) is 31.2 Å². The van der Waals surface area contributed by atoms with Crippen molar-refractivity contribution in [3.63, 3.8) is 0 Å². The molecule has 0 aromatic rings. The maximum Gasteiger partial charge on any atom is 0.0119 e. The maximum atomic E-state index is 3.35. The van der Waals surface area contributed by atoms with E-state index in [0.29, 0.717) is 0 Å². The van der Waals surface area contributed by atoms with Crippen LogP contribution in [0.25, 0.3) is 0 Å². The first-order chi connectivity index (χ1) is 6.27. The van der Waals surface area contributed by atoms with E-state index in [1.54, 1.807) is 0 Å². The molecule has 2 aliphatic heterocycles. The molecule has 0 aromatic carbocycles. The topological polar surface area (TPSA) is 15.3 Å². The van der Waals surface area contributed by atoms with Crippen molar-refractivity contribution >= 4 is 0 Å². The molecule has 0 radical (unpaired) electrons. The van der Waals surface area contributed by atoms with E-state index in [1.807, 2.05) is 0 Å². The lowest BCUT2D eigenvalue weighted by Gasteiger charge is -2.35. The summed E-state index contributed by atoms with van der Waals surface area (Å²) in [6, 6.07) is 0.876. The molecule has 1 N–H and O–H groups in total. The van der Waals surface area contributed by atoms with Crippen molar-refractivity contribution in [2.24, 2.45) is 11.8 Å². The third kappa shape index (κ3) is 2.05. The fourth-order valence-electron chi connectivity index (χ4n) is 2.64. The van der Waals surface area contributed by atoms with Crippen molar-refractivity contribution in [1.82, 2.24) is 10.2 Å². The Morgan fingerprint density at radius 1 is 1.38 bits per heavy atom. The highest BCUT2D eigenvalue weighted by atomic mass is 15.2. The third-order valence-corrected chi connectivity index (χ3v) is 3.54. The average molecular weight is 182 g/mol. The highest BCUT2D eigenvalue weighted by molar-refractivity contribution is 4.86. The number of nitrogens with zero attached hydrogens (tertiary/aromatic N) is 1. The van der Waals surface area contributed by atoms with Crippen LogP contribution in [0.4, 0.5) is 0 Å². The fraction of sp³-hybridized carbons (Fsp3) is 1.00. The quantitative estimate of drug-likeness (QED) is 0.708. The van der Waals surface area contributed by atoms with Gasteiger partial charge in [0.15, 0.2) is 0 Å². The van der Waals surface area contributed by atoms with Gasteiger partial charge in [0.25, 0.3) is 0 Å². The number of rotatable bonds is 3. The Kier molecular flexibility index (Phi) is 2.89. The van der Waals surface area contributed by atoms with Gasteiger partial charge in [-0.1, -0.05) is 13.8 Å². The highest BCUT2D eigenvalue weighted by Crippen LogP contribution is 2.25. The molecule has 0 bridgehead atoms. The predicted octanol–water partition coefficient (Wildman–Crippen LogP) is 1.33. The lowest BCUT2D eigenvalue weighted by atomic mass is 9.99. The molecule has 2 saturated heterocycles. The van der Waals surface area contributed by atoms with Crippen molar-refractivity contribution in [1.29, 1.82) is 0 Å². The predicted molar refractivity (Wildman–Crippen MR) is 55.8 cm³/mol. The zero-order chi connectivity index (χ0) is 9.26. The monoisotopic (exact) mass is 182 g/mol. The van der Waals surface area contributed by atoms with Crippen LogP contribution in [0.2, 0.25) is 0 Å². The summed E-state index contributed by atoms with van der Waals surface area (Å²) in [6.07, 6.45) is 2.85. The smallest absolute Gasteiger partial charge is 0.0119 e. The van der Waals surface area contributed by atoms with Crippen LogP contribution in [-0.2, 0) is 0 Å². The number of hydrogen-bond acceptors (Lipinski definition) is 2. The Hall–Kier alpha value is -0.0800. The van der Waals surface area contributed by atoms with Crippen LogP contribution in [-0.4, -0.2) is 37.1 Å². The molecule has 0 saturated carbocycles. The molecule has 1 unspecified atom stereocenters. The number of likely N-dealkylation sites (tertiary alicyclic amines) is 1. The van der Waals surface area contributed by atoms with Gasteiger partial charge in [0.1, 0.15) is 0 Å². The van der Waals surface area contributed by atoms with Gasteiger partial charge in [-0.2, -0.15) is 0 Å². The van der Waals surface area contributed by atoms with Crippen LogP contribution < -0.4 is 5.32 Å². The zero-order valence-electron chi connectivity index (χ0n) is 8.92. The van der Waals surface area contributed by atoms with E-state index in [0.717, 1.165) is 17.9 Å². The van der Waals surface area contributed by atoms with E-state index < -0.39 is 0 Å². The molecular formula is C11H22N2. The second-order valence-corrected chi connectivity index (χ2v) is 4.97. The molecule has 76 valence electrons. The van der Waals surface area contributed by atoms with Crippen molar-refractivity contribution in [2.45, 2.75) is 32.7 Å². The van der Waals surface area contributed by atoms with E-state index in [-0.39, 0.29) is 0 Å². The van der Waals surface area contributed by atoms with Gasteiger partial charge in [0, 0.05) is 25.7 Å². The van der Waals surface area contributed by atoms with E-state index in [4.69, 9.17) is 0 Å². The second-order valence-electron chi connectivity index (χ2n) is 4.97. The highest BCUT2D eigenvalue weighted by Gasteiger charge is 2.30. The normalized spacial score (nSPS) is 31.2. The molecule has 2 heterocycles. The zero-order valence-corrected chi connectivity index (χ0v) is 8.92. The van der Waals surface area contributed by atoms with E-state index >= 15 is 0 Å². The fourth-order valence-corrected chi connectivity index (χ4v) is 2.64. The van der Waals surface area contributed by atoms with Gasteiger partial charge in [-0.3, -0.25) is 4.90 Å². The van der Waals surface area contributed by atoms with Crippen molar-refractivity contribution in [2.75, 3.05) is 26.2 Å². The van der Waals surface area contributed by atoms with Crippen LogP contribution in [0.3, 0.4) is 0 Å². The number of hydrogen-bond donors (Lipinski definition) is 1. The molecule has 13 heavy (non-hydrogen) atoms. The van der Waals surface area contributed by atoms with Crippen molar-refractivity contribution < 1.29 is 0 Å². The minimum absolute atomic E-state index is 0.843.